The van der Waals surface area contributed by atoms with Crippen molar-refractivity contribution in [2.24, 2.45) is 11.3 Å². The van der Waals surface area contributed by atoms with Crippen LogP contribution in [-0.4, -0.2) is 77.9 Å². The number of carbonyl (C=O) groups is 2. The van der Waals surface area contributed by atoms with E-state index >= 15 is 8.78 Å². The summed E-state index contributed by atoms with van der Waals surface area (Å²) in [6, 6.07) is 3.70. The number of likely N-dealkylation sites (tertiary alicyclic amines) is 1. The molecule has 0 radical (unpaired) electrons. The van der Waals surface area contributed by atoms with Gasteiger partial charge in [0.25, 0.3) is 5.92 Å². The number of likely N-dealkylation sites (N-methyl/N-ethyl adjacent to an activating group) is 1. The number of nitrogens with zero attached hydrogens (tertiary/aromatic N) is 4. The molecule has 1 N–H and O–H groups in total. The van der Waals surface area contributed by atoms with E-state index in [-0.39, 0.29) is 31.4 Å². The molecule has 2 amide bonds. The number of rotatable bonds is 7. The standard InChI is InChI=1S/C28H34F5N5O2.2ClH/c1-25(5-6-25)24(40)38-16-19(14-22(38)23(39)35-26(17-34)7-8-26)27(29,30)20-4-3-18(13-21(20)28(31,32)33)15-37-11-9-36(2)10-12-37;;/h3-4,13,19,22H,5-12,14-16H2,1-2H3,(H,35,39);2*1H/t19-,22+;;/m1../s1. The highest BCUT2D eigenvalue weighted by molar-refractivity contribution is 5.92. The second kappa shape index (κ2) is 12.1. The molecule has 4 fully saturated rings. The molecule has 2 aliphatic heterocycles. The van der Waals surface area contributed by atoms with Crippen molar-refractivity contribution >= 4 is 36.6 Å². The molecule has 1 aromatic carbocycles. The van der Waals surface area contributed by atoms with Gasteiger partial charge in [0, 0.05) is 56.2 Å². The molecule has 0 aromatic heterocycles. The van der Waals surface area contributed by atoms with Gasteiger partial charge >= 0.3 is 6.18 Å². The molecule has 14 heteroatoms. The number of nitriles is 1. The summed E-state index contributed by atoms with van der Waals surface area (Å²) in [6.07, 6.45) is -3.58. The summed E-state index contributed by atoms with van der Waals surface area (Å²) < 4.78 is 74.6. The molecule has 5 rings (SSSR count). The summed E-state index contributed by atoms with van der Waals surface area (Å²) in [6.45, 7) is 4.23. The fraction of sp³-hybridized carbons (Fsp3) is 0.679. The van der Waals surface area contributed by atoms with Crippen LogP contribution in [0.4, 0.5) is 22.0 Å². The Morgan fingerprint density at radius 1 is 1.02 bits per heavy atom. The third-order valence-corrected chi connectivity index (χ3v) is 8.97. The van der Waals surface area contributed by atoms with Crippen LogP contribution in [-0.2, 0) is 28.2 Å². The van der Waals surface area contributed by atoms with Crippen LogP contribution in [0.3, 0.4) is 0 Å². The van der Waals surface area contributed by atoms with E-state index in [9.17, 15) is 28.0 Å². The average Bonchev–Trinajstić information content (AvgIpc) is 3.80. The number of carbonyl (C=O) groups excluding carboxylic acids is 2. The Labute approximate surface area is 254 Å². The predicted molar refractivity (Wildman–Crippen MR) is 149 cm³/mol. The summed E-state index contributed by atoms with van der Waals surface area (Å²) in [4.78, 5) is 31.6. The van der Waals surface area contributed by atoms with Crippen molar-refractivity contribution in [1.29, 1.82) is 5.26 Å². The lowest BCUT2D eigenvalue weighted by Crippen LogP contribution is -2.50. The lowest BCUT2D eigenvalue weighted by atomic mass is 9.88. The molecule has 2 saturated carbocycles. The van der Waals surface area contributed by atoms with E-state index < -0.39 is 70.9 Å². The normalized spacial score (nSPS) is 25.0. The second-order valence-electron chi connectivity index (χ2n) is 12.2. The van der Waals surface area contributed by atoms with Gasteiger partial charge in [-0.1, -0.05) is 19.1 Å². The summed E-state index contributed by atoms with van der Waals surface area (Å²) in [7, 11) is 1.96. The quantitative estimate of drug-likeness (QED) is 0.442. The molecule has 1 aromatic rings. The summed E-state index contributed by atoms with van der Waals surface area (Å²) >= 11 is 0. The number of benzene rings is 1. The van der Waals surface area contributed by atoms with Gasteiger partial charge in [0.1, 0.15) is 11.6 Å². The van der Waals surface area contributed by atoms with Crippen molar-refractivity contribution in [3.63, 3.8) is 0 Å². The molecule has 7 nitrogen and oxygen atoms in total. The average molecular weight is 641 g/mol. The summed E-state index contributed by atoms with van der Waals surface area (Å²) in [5.74, 6) is -6.82. The van der Waals surface area contributed by atoms with Crippen molar-refractivity contribution in [1.82, 2.24) is 20.0 Å². The maximum Gasteiger partial charge on any atom is 0.416 e. The minimum atomic E-state index is -5.02. The Balaban J connectivity index is 0.00000242. The zero-order chi connectivity index (χ0) is 29.1. The van der Waals surface area contributed by atoms with Crippen LogP contribution < -0.4 is 5.32 Å². The van der Waals surface area contributed by atoms with Gasteiger partial charge in [-0.15, -0.1) is 24.8 Å². The first-order valence-corrected chi connectivity index (χ1v) is 13.7. The van der Waals surface area contributed by atoms with Crippen LogP contribution in [0.25, 0.3) is 0 Å². The van der Waals surface area contributed by atoms with E-state index in [1.54, 1.807) is 6.92 Å². The van der Waals surface area contributed by atoms with Crippen LogP contribution in [0, 0.1) is 22.7 Å². The molecule has 0 bridgehead atoms. The minimum Gasteiger partial charge on any atom is -0.336 e. The van der Waals surface area contributed by atoms with Gasteiger partial charge in [-0.2, -0.15) is 18.4 Å². The van der Waals surface area contributed by atoms with Crippen LogP contribution >= 0.6 is 24.8 Å². The van der Waals surface area contributed by atoms with Crippen molar-refractivity contribution < 1.29 is 31.5 Å². The molecule has 234 valence electrons. The Hall–Kier alpha value is -2.20. The van der Waals surface area contributed by atoms with Crippen LogP contribution in [0.2, 0.25) is 0 Å². The maximum absolute atomic E-state index is 16.0. The molecule has 2 saturated heterocycles. The Morgan fingerprint density at radius 2 is 1.64 bits per heavy atom. The first kappa shape index (κ1) is 34.3. The number of amides is 2. The van der Waals surface area contributed by atoms with Crippen molar-refractivity contribution in [3.05, 3.63) is 34.9 Å². The van der Waals surface area contributed by atoms with Crippen LogP contribution in [0.5, 0.6) is 0 Å². The molecule has 0 unspecified atom stereocenters. The van der Waals surface area contributed by atoms with Crippen molar-refractivity contribution in [2.75, 3.05) is 39.8 Å². The van der Waals surface area contributed by atoms with Gasteiger partial charge in [-0.3, -0.25) is 14.5 Å². The Kier molecular flexibility index (Phi) is 9.85. The molecule has 42 heavy (non-hydrogen) atoms. The Morgan fingerprint density at radius 3 is 2.17 bits per heavy atom. The lowest BCUT2D eigenvalue weighted by Gasteiger charge is -2.32. The van der Waals surface area contributed by atoms with Gasteiger partial charge in [0.05, 0.1) is 11.6 Å². The van der Waals surface area contributed by atoms with Crippen molar-refractivity contribution in [2.45, 2.75) is 69.3 Å². The van der Waals surface area contributed by atoms with Gasteiger partial charge in [-0.05, 0) is 50.8 Å². The molecule has 2 aliphatic carbocycles. The molecule has 0 spiro atoms. The number of hydrogen-bond acceptors (Lipinski definition) is 5. The Bertz CT molecular complexity index is 1220. The summed E-state index contributed by atoms with van der Waals surface area (Å²) in [5.41, 5.74) is -4.08. The van der Waals surface area contributed by atoms with E-state index in [2.05, 4.69) is 10.2 Å². The second-order valence-corrected chi connectivity index (χ2v) is 12.2. The lowest BCUT2D eigenvalue weighted by molar-refractivity contribution is -0.146. The molecule has 4 aliphatic rings. The number of halogens is 7. The summed E-state index contributed by atoms with van der Waals surface area (Å²) in [5, 5.41) is 11.9. The highest BCUT2D eigenvalue weighted by atomic mass is 35.5. The third-order valence-electron chi connectivity index (χ3n) is 8.97. The van der Waals surface area contributed by atoms with E-state index in [0.29, 0.717) is 44.3 Å². The van der Waals surface area contributed by atoms with E-state index in [0.717, 1.165) is 30.1 Å². The number of hydrogen-bond donors (Lipinski definition) is 1. The number of nitrogens with one attached hydrogen (secondary N) is 1. The SMILES string of the molecule is CN1CCN(Cc2ccc(C(F)(F)[C@@H]3C[C@@H](C(=O)NC4(C#N)CC4)N(C(=O)C4(C)CC4)C3)c(C(F)(F)F)c2)CC1.Cl.Cl. The fourth-order valence-corrected chi connectivity index (χ4v) is 5.73. The number of piperazine rings is 1. The van der Waals surface area contributed by atoms with Crippen LogP contribution in [0.15, 0.2) is 18.2 Å². The molecule has 2 heterocycles. The van der Waals surface area contributed by atoms with Gasteiger partial charge < -0.3 is 15.1 Å². The van der Waals surface area contributed by atoms with E-state index in [1.807, 2.05) is 18.0 Å². The molecular weight excluding hydrogens is 604 g/mol. The van der Waals surface area contributed by atoms with Crippen molar-refractivity contribution in [3.8, 4) is 6.07 Å². The molecular formula is C28H36Cl2F5N5O2. The fourth-order valence-electron chi connectivity index (χ4n) is 5.73. The van der Waals surface area contributed by atoms with E-state index in [1.165, 1.54) is 6.07 Å². The molecule has 2 atom stereocenters. The minimum absolute atomic E-state index is 0. The van der Waals surface area contributed by atoms with Gasteiger partial charge in [0.2, 0.25) is 11.8 Å². The largest absolute Gasteiger partial charge is 0.416 e. The monoisotopic (exact) mass is 639 g/mol. The first-order chi connectivity index (χ1) is 18.7. The smallest absolute Gasteiger partial charge is 0.336 e. The topological polar surface area (TPSA) is 79.7 Å². The maximum atomic E-state index is 16.0. The zero-order valence-electron chi connectivity index (χ0n) is 23.5. The predicted octanol–water partition coefficient (Wildman–Crippen LogP) is 4.58. The highest BCUT2D eigenvalue weighted by Crippen LogP contribution is 2.51. The first-order valence-electron chi connectivity index (χ1n) is 13.7. The number of alkyl halides is 5. The van der Waals surface area contributed by atoms with Gasteiger partial charge in [0.15, 0.2) is 0 Å². The van der Waals surface area contributed by atoms with Crippen LogP contribution in [0.1, 0.15) is 55.7 Å². The zero-order valence-corrected chi connectivity index (χ0v) is 25.1. The van der Waals surface area contributed by atoms with Gasteiger partial charge in [-0.25, -0.2) is 8.78 Å². The van der Waals surface area contributed by atoms with E-state index in [4.69, 9.17) is 0 Å². The third kappa shape index (κ3) is 6.79. The highest BCUT2D eigenvalue weighted by Gasteiger charge is 2.58.